The Kier molecular flexibility index (Phi) is 3.31. The summed E-state index contributed by atoms with van der Waals surface area (Å²) in [6, 6.07) is 6.70. The molecule has 100 valence electrons. The predicted octanol–water partition coefficient (Wildman–Crippen LogP) is 3.55. The summed E-state index contributed by atoms with van der Waals surface area (Å²) >= 11 is 0. The summed E-state index contributed by atoms with van der Waals surface area (Å²) in [5.41, 5.74) is 0.504. The van der Waals surface area contributed by atoms with Crippen LogP contribution in [0.5, 0.6) is 0 Å². The van der Waals surface area contributed by atoms with E-state index in [-0.39, 0.29) is 11.3 Å². The molecule has 1 aromatic rings. The molecule has 0 amide bonds. The number of aliphatic hydroxyl groups is 1. The molecule has 1 aromatic carbocycles. The number of ketones is 2. The minimum absolute atomic E-state index is 0.0429. The van der Waals surface area contributed by atoms with Gasteiger partial charge in [-0.25, -0.2) is 0 Å². The maximum atomic E-state index is 12.3. The number of hydrogen-bond donors (Lipinski definition) is 1. The summed E-state index contributed by atoms with van der Waals surface area (Å²) in [6.45, 7) is 5.80. The van der Waals surface area contributed by atoms with Crippen LogP contribution in [0.3, 0.4) is 0 Å². The van der Waals surface area contributed by atoms with Crippen molar-refractivity contribution in [2.24, 2.45) is 5.41 Å². The summed E-state index contributed by atoms with van der Waals surface area (Å²) in [6.07, 6.45) is 1.63. The second-order valence-electron chi connectivity index (χ2n) is 5.56. The zero-order chi connectivity index (χ0) is 14.2. The molecule has 0 atom stereocenters. The van der Waals surface area contributed by atoms with Crippen LogP contribution in [-0.2, 0) is 4.79 Å². The smallest absolute Gasteiger partial charge is 0.234 e. The Morgan fingerprint density at radius 1 is 1.05 bits per heavy atom. The number of carbonyl (C=O) groups excluding carboxylic acids is 2. The number of rotatable bonds is 3. The standard InChI is InChI=1S/C16H18O3/c1-4-9-16(2,3)12-13(17)10-7-5-6-8-11(10)14(18)15(12)19/h5-8,17H,4,9H2,1-3H3. The second-order valence-corrected chi connectivity index (χ2v) is 5.56. The van der Waals surface area contributed by atoms with Gasteiger partial charge >= 0.3 is 0 Å². The maximum absolute atomic E-state index is 12.3. The molecule has 0 spiro atoms. The number of aliphatic hydroxyl groups excluding tert-OH is 1. The first-order valence-corrected chi connectivity index (χ1v) is 6.52. The highest BCUT2D eigenvalue weighted by Crippen LogP contribution is 2.40. The number of benzene rings is 1. The zero-order valence-electron chi connectivity index (χ0n) is 11.5. The molecule has 0 bridgehead atoms. The van der Waals surface area contributed by atoms with E-state index < -0.39 is 17.0 Å². The lowest BCUT2D eigenvalue weighted by Crippen LogP contribution is -2.32. The Balaban J connectivity index is 2.67. The van der Waals surface area contributed by atoms with Gasteiger partial charge in [0.2, 0.25) is 11.6 Å². The van der Waals surface area contributed by atoms with Crippen molar-refractivity contribution in [2.45, 2.75) is 33.6 Å². The summed E-state index contributed by atoms with van der Waals surface area (Å²) in [5.74, 6) is -1.14. The first-order chi connectivity index (χ1) is 8.90. The molecule has 0 fully saturated rings. The van der Waals surface area contributed by atoms with Gasteiger partial charge in [0.25, 0.3) is 0 Å². The molecular formula is C16H18O3. The van der Waals surface area contributed by atoms with Crippen LogP contribution in [0.1, 0.15) is 49.5 Å². The van der Waals surface area contributed by atoms with Crippen molar-refractivity contribution in [1.82, 2.24) is 0 Å². The monoisotopic (exact) mass is 258 g/mol. The molecule has 0 radical (unpaired) electrons. The van der Waals surface area contributed by atoms with Crippen molar-refractivity contribution in [3.05, 3.63) is 41.0 Å². The van der Waals surface area contributed by atoms with E-state index in [1.54, 1.807) is 24.3 Å². The topological polar surface area (TPSA) is 54.4 Å². The molecule has 0 saturated carbocycles. The lowest BCUT2D eigenvalue weighted by Gasteiger charge is -2.30. The van der Waals surface area contributed by atoms with E-state index in [4.69, 9.17) is 0 Å². The van der Waals surface area contributed by atoms with Gasteiger partial charge in [0.15, 0.2) is 0 Å². The number of hydrogen-bond acceptors (Lipinski definition) is 3. The van der Waals surface area contributed by atoms with E-state index in [0.717, 1.165) is 12.8 Å². The fourth-order valence-corrected chi connectivity index (χ4v) is 2.74. The lowest BCUT2D eigenvalue weighted by atomic mass is 9.72. The van der Waals surface area contributed by atoms with Gasteiger partial charge in [0.05, 0.1) is 5.57 Å². The molecule has 0 unspecified atom stereocenters. The van der Waals surface area contributed by atoms with Crippen LogP contribution in [0.15, 0.2) is 29.8 Å². The van der Waals surface area contributed by atoms with Gasteiger partial charge in [-0.05, 0) is 11.8 Å². The Hall–Kier alpha value is -1.90. The summed E-state index contributed by atoms with van der Waals surface area (Å²) in [4.78, 5) is 24.4. The molecule has 0 aromatic heterocycles. The SMILES string of the molecule is CCCC(C)(C)C1=C(O)c2ccccc2C(=O)C1=O. The first-order valence-electron chi connectivity index (χ1n) is 6.52. The van der Waals surface area contributed by atoms with E-state index in [2.05, 4.69) is 0 Å². The van der Waals surface area contributed by atoms with Crippen LogP contribution in [0.4, 0.5) is 0 Å². The highest BCUT2D eigenvalue weighted by atomic mass is 16.3. The maximum Gasteiger partial charge on any atom is 0.234 e. The van der Waals surface area contributed by atoms with E-state index >= 15 is 0 Å². The van der Waals surface area contributed by atoms with Crippen molar-refractivity contribution in [1.29, 1.82) is 0 Å². The lowest BCUT2D eigenvalue weighted by molar-refractivity contribution is -0.112. The number of allylic oxidation sites excluding steroid dienone is 1. The number of carbonyl (C=O) groups is 2. The summed E-state index contributed by atoms with van der Waals surface area (Å²) in [7, 11) is 0. The molecule has 1 N–H and O–H groups in total. The minimum Gasteiger partial charge on any atom is -0.507 e. The highest BCUT2D eigenvalue weighted by molar-refractivity contribution is 6.52. The van der Waals surface area contributed by atoms with Gasteiger partial charge in [-0.15, -0.1) is 0 Å². The van der Waals surface area contributed by atoms with Crippen LogP contribution >= 0.6 is 0 Å². The van der Waals surface area contributed by atoms with Crippen molar-refractivity contribution in [3.8, 4) is 0 Å². The Morgan fingerprint density at radius 3 is 2.21 bits per heavy atom. The van der Waals surface area contributed by atoms with Crippen LogP contribution in [0.2, 0.25) is 0 Å². The van der Waals surface area contributed by atoms with Gasteiger partial charge < -0.3 is 5.11 Å². The van der Waals surface area contributed by atoms with Crippen LogP contribution in [0, 0.1) is 5.41 Å². The highest BCUT2D eigenvalue weighted by Gasteiger charge is 2.39. The average Bonchev–Trinajstić information content (AvgIpc) is 2.36. The third kappa shape index (κ3) is 2.09. The molecule has 2 rings (SSSR count). The predicted molar refractivity (Wildman–Crippen MR) is 74.0 cm³/mol. The third-order valence-electron chi connectivity index (χ3n) is 3.65. The molecule has 1 aliphatic carbocycles. The molecule has 3 heteroatoms. The van der Waals surface area contributed by atoms with Crippen molar-refractivity contribution >= 4 is 17.3 Å². The number of fused-ring (bicyclic) bond motifs is 1. The van der Waals surface area contributed by atoms with E-state index in [0.29, 0.717) is 11.1 Å². The largest absolute Gasteiger partial charge is 0.507 e. The molecule has 0 heterocycles. The van der Waals surface area contributed by atoms with Gasteiger partial charge in [-0.3, -0.25) is 9.59 Å². The molecule has 0 aliphatic heterocycles. The summed E-state index contributed by atoms with van der Waals surface area (Å²) < 4.78 is 0. The molecule has 19 heavy (non-hydrogen) atoms. The zero-order valence-corrected chi connectivity index (χ0v) is 11.5. The van der Waals surface area contributed by atoms with Crippen LogP contribution < -0.4 is 0 Å². The van der Waals surface area contributed by atoms with Gasteiger partial charge in [-0.2, -0.15) is 0 Å². The first kappa shape index (κ1) is 13.5. The minimum atomic E-state index is -0.574. The molecule has 0 saturated heterocycles. The van der Waals surface area contributed by atoms with Crippen molar-refractivity contribution < 1.29 is 14.7 Å². The quantitative estimate of drug-likeness (QED) is 0.843. The van der Waals surface area contributed by atoms with Crippen molar-refractivity contribution in [2.75, 3.05) is 0 Å². The third-order valence-corrected chi connectivity index (χ3v) is 3.65. The molecular weight excluding hydrogens is 240 g/mol. The molecule has 1 aliphatic rings. The fourth-order valence-electron chi connectivity index (χ4n) is 2.74. The molecule has 3 nitrogen and oxygen atoms in total. The van der Waals surface area contributed by atoms with E-state index in [1.807, 2.05) is 20.8 Å². The number of Topliss-reactive ketones (excluding diaryl/α,β-unsaturated/α-hetero) is 2. The second kappa shape index (κ2) is 4.65. The average molecular weight is 258 g/mol. The Labute approximate surface area is 113 Å². The fraction of sp³-hybridized carbons (Fsp3) is 0.375. The van der Waals surface area contributed by atoms with E-state index in [9.17, 15) is 14.7 Å². The van der Waals surface area contributed by atoms with Gasteiger partial charge in [0.1, 0.15) is 5.76 Å². The van der Waals surface area contributed by atoms with Crippen LogP contribution in [-0.4, -0.2) is 16.7 Å². The van der Waals surface area contributed by atoms with Gasteiger partial charge in [-0.1, -0.05) is 51.5 Å². The Bertz CT molecular complexity index is 579. The normalized spacial score (nSPS) is 15.7. The Morgan fingerprint density at radius 2 is 1.63 bits per heavy atom. The van der Waals surface area contributed by atoms with Crippen LogP contribution in [0.25, 0.3) is 5.76 Å². The van der Waals surface area contributed by atoms with Crippen molar-refractivity contribution in [3.63, 3.8) is 0 Å². The summed E-state index contributed by atoms with van der Waals surface area (Å²) in [5, 5.41) is 10.4. The van der Waals surface area contributed by atoms with E-state index in [1.165, 1.54) is 0 Å². The van der Waals surface area contributed by atoms with Gasteiger partial charge in [0, 0.05) is 11.1 Å².